The molecule has 0 saturated heterocycles. The minimum absolute atomic E-state index is 0.108. The standard InChI is InChI=1S/C14H23NO4Si/c1-14(2,3)20(4,5)19-12-8-6-11(7-9-12)13(16)10-15(17)18/h6-9,13,16H,10H2,1-5H3/t13-/m1/s1. The van der Waals surface area contributed by atoms with E-state index in [4.69, 9.17) is 4.43 Å². The molecule has 1 aromatic carbocycles. The molecular formula is C14H23NO4Si. The minimum atomic E-state index is -1.89. The van der Waals surface area contributed by atoms with Crippen LogP contribution in [0.2, 0.25) is 18.1 Å². The molecule has 0 fully saturated rings. The molecule has 0 unspecified atom stereocenters. The van der Waals surface area contributed by atoms with Crippen LogP contribution in [0.4, 0.5) is 0 Å². The summed E-state index contributed by atoms with van der Waals surface area (Å²) in [6, 6.07) is 6.88. The van der Waals surface area contributed by atoms with E-state index in [-0.39, 0.29) is 5.04 Å². The number of hydrogen-bond acceptors (Lipinski definition) is 4. The molecule has 6 heteroatoms. The lowest BCUT2D eigenvalue weighted by atomic mass is 10.1. The molecule has 0 aliphatic heterocycles. The van der Waals surface area contributed by atoms with Crippen molar-refractivity contribution in [3.8, 4) is 5.75 Å². The lowest BCUT2D eigenvalue weighted by molar-refractivity contribution is -0.491. The first-order valence-corrected chi connectivity index (χ1v) is 9.52. The summed E-state index contributed by atoms with van der Waals surface area (Å²) in [4.78, 5) is 9.85. The molecule has 1 aromatic rings. The van der Waals surface area contributed by atoms with E-state index in [0.29, 0.717) is 5.56 Å². The summed E-state index contributed by atoms with van der Waals surface area (Å²) in [5.74, 6) is 0.744. The Kier molecular flexibility index (Phi) is 4.93. The molecule has 0 heterocycles. The molecule has 20 heavy (non-hydrogen) atoms. The van der Waals surface area contributed by atoms with E-state index in [1.807, 2.05) is 0 Å². The Labute approximate surface area is 120 Å². The van der Waals surface area contributed by atoms with E-state index in [1.54, 1.807) is 24.3 Å². The first-order valence-electron chi connectivity index (χ1n) is 6.62. The van der Waals surface area contributed by atoms with Crippen molar-refractivity contribution >= 4 is 8.32 Å². The average molecular weight is 297 g/mol. The minimum Gasteiger partial charge on any atom is -0.544 e. The number of nitro groups is 1. The van der Waals surface area contributed by atoms with Gasteiger partial charge in [-0.1, -0.05) is 32.9 Å². The predicted octanol–water partition coefficient (Wildman–Crippen LogP) is 3.38. The Morgan fingerprint density at radius 2 is 1.80 bits per heavy atom. The Hall–Kier alpha value is -1.40. The van der Waals surface area contributed by atoms with Crippen molar-refractivity contribution in [2.75, 3.05) is 6.54 Å². The third-order valence-corrected chi connectivity index (χ3v) is 8.12. The Bertz CT molecular complexity index is 465. The normalized spacial score (nSPS) is 13.9. The summed E-state index contributed by atoms with van der Waals surface area (Å²) < 4.78 is 6.11. The highest BCUT2D eigenvalue weighted by Gasteiger charge is 2.38. The van der Waals surface area contributed by atoms with Gasteiger partial charge >= 0.3 is 0 Å². The molecule has 0 aromatic heterocycles. The Morgan fingerprint density at radius 1 is 1.30 bits per heavy atom. The zero-order valence-electron chi connectivity index (χ0n) is 12.7. The van der Waals surface area contributed by atoms with Gasteiger partial charge in [0.25, 0.3) is 0 Å². The fourth-order valence-corrected chi connectivity index (χ4v) is 2.48. The maximum absolute atomic E-state index is 10.4. The summed E-state index contributed by atoms with van der Waals surface area (Å²) in [5.41, 5.74) is 0.532. The fraction of sp³-hybridized carbons (Fsp3) is 0.571. The molecule has 0 aliphatic carbocycles. The number of nitrogens with zero attached hydrogens (tertiary/aromatic N) is 1. The highest BCUT2D eigenvalue weighted by molar-refractivity contribution is 6.74. The number of benzene rings is 1. The Morgan fingerprint density at radius 3 is 2.20 bits per heavy atom. The molecule has 0 amide bonds. The zero-order chi connectivity index (χ0) is 15.6. The maximum Gasteiger partial charge on any atom is 0.250 e. The lowest BCUT2D eigenvalue weighted by Crippen LogP contribution is -2.43. The van der Waals surface area contributed by atoms with Crippen molar-refractivity contribution in [3.05, 3.63) is 39.9 Å². The number of aliphatic hydroxyl groups excluding tert-OH is 1. The molecule has 0 saturated carbocycles. The van der Waals surface area contributed by atoms with Gasteiger partial charge in [0, 0.05) is 4.92 Å². The first kappa shape index (κ1) is 16.7. The van der Waals surface area contributed by atoms with Crippen LogP contribution in [-0.4, -0.2) is 24.9 Å². The van der Waals surface area contributed by atoms with Crippen molar-refractivity contribution in [2.45, 2.75) is 45.0 Å². The van der Waals surface area contributed by atoms with Gasteiger partial charge in [-0.25, -0.2) is 0 Å². The molecule has 1 N–H and O–H groups in total. The summed E-state index contributed by atoms with van der Waals surface area (Å²) >= 11 is 0. The van der Waals surface area contributed by atoms with E-state index in [2.05, 4.69) is 33.9 Å². The van der Waals surface area contributed by atoms with Crippen molar-refractivity contribution in [3.63, 3.8) is 0 Å². The number of rotatable bonds is 5. The van der Waals surface area contributed by atoms with Crippen LogP contribution >= 0.6 is 0 Å². The second kappa shape index (κ2) is 5.93. The topological polar surface area (TPSA) is 72.6 Å². The SMILES string of the molecule is CC(C)(C)[Si](C)(C)Oc1ccc([C@H](O)C[N+](=O)[O-])cc1. The fourth-order valence-electron chi connectivity index (χ4n) is 1.45. The van der Waals surface area contributed by atoms with Crippen LogP contribution in [0.1, 0.15) is 32.4 Å². The van der Waals surface area contributed by atoms with E-state index in [0.717, 1.165) is 5.75 Å². The van der Waals surface area contributed by atoms with E-state index >= 15 is 0 Å². The average Bonchev–Trinajstić information content (AvgIpc) is 2.26. The summed E-state index contributed by atoms with van der Waals surface area (Å²) in [6.07, 6.45) is -1.08. The predicted molar refractivity (Wildman–Crippen MR) is 81.1 cm³/mol. The molecule has 0 spiro atoms. The second-order valence-electron chi connectivity index (χ2n) is 6.46. The van der Waals surface area contributed by atoms with Gasteiger partial charge in [0.1, 0.15) is 11.9 Å². The van der Waals surface area contributed by atoms with Gasteiger partial charge < -0.3 is 9.53 Å². The number of aliphatic hydroxyl groups is 1. The van der Waals surface area contributed by atoms with Crippen LogP contribution in [0.15, 0.2) is 24.3 Å². The van der Waals surface area contributed by atoms with E-state index in [1.165, 1.54) is 0 Å². The van der Waals surface area contributed by atoms with Gasteiger partial charge in [-0.3, -0.25) is 10.1 Å². The summed E-state index contributed by atoms with van der Waals surface area (Å²) in [7, 11) is -1.89. The van der Waals surface area contributed by atoms with Gasteiger partial charge in [0.2, 0.25) is 14.9 Å². The van der Waals surface area contributed by atoms with Crippen LogP contribution in [0.3, 0.4) is 0 Å². The molecule has 5 nitrogen and oxygen atoms in total. The maximum atomic E-state index is 10.4. The highest BCUT2D eigenvalue weighted by Crippen LogP contribution is 2.37. The molecule has 112 valence electrons. The van der Waals surface area contributed by atoms with Crippen molar-refractivity contribution in [1.82, 2.24) is 0 Å². The van der Waals surface area contributed by atoms with Crippen LogP contribution in [-0.2, 0) is 0 Å². The van der Waals surface area contributed by atoms with Crippen LogP contribution in [0, 0.1) is 10.1 Å². The van der Waals surface area contributed by atoms with Gasteiger partial charge in [-0.15, -0.1) is 0 Å². The zero-order valence-corrected chi connectivity index (χ0v) is 13.7. The van der Waals surface area contributed by atoms with Gasteiger partial charge in [-0.2, -0.15) is 0 Å². The third kappa shape index (κ3) is 4.31. The number of hydrogen-bond donors (Lipinski definition) is 1. The van der Waals surface area contributed by atoms with Crippen LogP contribution in [0.5, 0.6) is 5.75 Å². The molecule has 0 bridgehead atoms. The quantitative estimate of drug-likeness (QED) is 0.513. The van der Waals surface area contributed by atoms with Crippen molar-refractivity contribution < 1.29 is 14.5 Å². The smallest absolute Gasteiger partial charge is 0.250 e. The van der Waals surface area contributed by atoms with E-state index < -0.39 is 25.9 Å². The van der Waals surface area contributed by atoms with Crippen molar-refractivity contribution in [2.24, 2.45) is 0 Å². The lowest BCUT2D eigenvalue weighted by Gasteiger charge is -2.36. The molecule has 1 rings (SSSR count). The monoisotopic (exact) mass is 297 g/mol. The molecular weight excluding hydrogens is 274 g/mol. The van der Waals surface area contributed by atoms with E-state index in [9.17, 15) is 15.2 Å². The Balaban J connectivity index is 2.80. The highest BCUT2D eigenvalue weighted by atomic mass is 28.4. The molecule has 0 aliphatic rings. The molecule has 1 atom stereocenters. The molecule has 0 radical (unpaired) electrons. The van der Waals surface area contributed by atoms with Gasteiger partial charge in [0.05, 0.1) is 0 Å². The van der Waals surface area contributed by atoms with Gasteiger partial charge in [0.15, 0.2) is 0 Å². The summed E-state index contributed by atoms with van der Waals surface area (Å²) in [5, 5.41) is 20.2. The summed E-state index contributed by atoms with van der Waals surface area (Å²) in [6.45, 7) is 10.3. The van der Waals surface area contributed by atoms with Crippen LogP contribution < -0.4 is 4.43 Å². The van der Waals surface area contributed by atoms with Gasteiger partial charge in [-0.05, 0) is 35.8 Å². The largest absolute Gasteiger partial charge is 0.544 e. The third-order valence-electron chi connectivity index (χ3n) is 3.77. The first-order chi connectivity index (χ1) is 9.03. The van der Waals surface area contributed by atoms with Crippen molar-refractivity contribution in [1.29, 1.82) is 0 Å². The second-order valence-corrected chi connectivity index (χ2v) is 11.2. The van der Waals surface area contributed by atoms with Crippen LogP contribution in [0.25, 0.3) is 0 Å².